The van der Waals surface area contributed by atoms with Crippen LogP contribution in [0, 0.1) is 11.3 Å². The molecular formula is C16H12N4O2. The summed E-state index contributed by atoms with van der Waals surface area (Å²) in [6.45, 7) is 0. The molecule has 0 bridgehead atoms. The summed E-state index contributed by atoms with van der Waals surface area (Å²) in [6, 6.07) is 10.6. The fourth-order valence-electron chi connectivity index (χ4n) is 2.24. The summed E-state index contributed by atoms with van der Waals surface area (Å²) in [5, 5.41) is 14.5. The zero-order valence-corrected chi connectivity index (χ0v) is 11.5. The molecule has 0 unspecified atom stereocenters. The maximum atomic E-state index is 12.1. The number of hydrogen-bond acceptors (Lipinski definition) is 3. The van der Waals surface area contributed by atoms with Gasteiger partial charge in [0.1, 0.15) is 11.6 Å². The van der Waals surface area contributed by atoms with Crippen LogP contribution in [-0.4, -0.2) is 16.8 Å². The Morgan fingerprint density at radius 2 is 2.23 bits per heavy atom. The minimum absolute atomic E-state index is 0.00264. The molecule has 1 aliphatic rings. The van der Waals surface area contributed by atoms with Crippen molar-refractivity contribution in [2.75, 3.05) is 10.6 Å². The first kappa shape index (κ1) is 13.6. The molecule has 3 rings (SSSR count). The van der Waals surface area contributed by atoms with Crippen molar-refractivity contribution in [3.05, 3.63) is 53.4 Å². The Balaban J connectivity index is 1.78. The zero-order valence-electron chi connectivity index (χ0n) is 11.5. The van der Waals surface area contributed by atoms with Crippen LogP contribution in [0.15, 0.2) is 42.1 Å². The highest BCUT2D eigenvalue weighted by Gasteiger charge is 2.18. The van der Waals surface area contributed by atoms with Crippen molar-refractivity contribution in [2.45, 2.75) is 6.42 Å². The number of carbonyl (C=O) groups excluding carboxylic acids is 2. The molecule has 2 amide bonds. The number of aromatic nitrogens is 1. The molecule has 108 valence electrons. The van der Waals surface area contributed by atoms with Crippen molar-refractivity contribution in [2.24, 2.45) is 0 Å². The summed E-state index contributed by atoms with van der Waals surface area (Å²) >= 11 is 0. The number of nitrogens with zero attached hydrogens (tertiary/aromatic N) is 1. The van der Waals surface area contributed by atoms with Crippen molar-refractivity contribution in [3.63, 3.8) is 0 Å². The summed E-state index contributed by atoms with van der Waals surface area (Å²) in [5.74, 6) is -0.558. The molecule has 6 nitrogen and oxygen atoms in total. The molecule has 0 radical (unpaired) electrons. The summed E-state index contributed by atoms with van der Waals surface area (Å²) in [5.41, 5.74) is 2.81. The Labute approximate surface area is 126 Å². The van der Waals surface area contributed by atoms with Gasteiger partial charge in [-0.15, -0.1) is 0 Å². The first-order valence-corrected chi connectivity index (χ1v) is 6.65. The van der Waals surface area contributed by atoms with Gasteiger partial charge in [-0.2, -0.15) is 5.26 Å². The highest BCUT2D eigenvalue weighted by molar-refractivity contribution is 6.10. The van der Waals surface area contributed by atoms with E-state index < -0.39 is 5.91 Å². The number of hydrogen-bond donors (Lipinski definition) is 3. The average molecular weight is 292 g/mol. The second kappa shape index (κ2) is 5.58. The topological polar surface area (TPSA) is 97.8 Å². The molecule has 6 heteroatoms. The molecule has 2 aromatic rings. The van der Waals surface area contributed by atoms with Gasteiger partial charge in [0.15, 0.2) is 0 Å². The van der Waals surface area contributed by atoms with Crippen molar-refractivity contribution in [1.29, 1.82) is 5.26 Å². The predicted octanol–water partition coefficient (Wildman–Crippen LogP) is 2.05. The molecule has 1 aliphatic heterocycles. The normalized spacial score (nSPS) is 13.2. The van der Waals surface area contributed by atoms with Gasteiger partial charge in [0.05, 0.1) is 6.42 Å². The maximum absolute atomic E-state index is 12.1. The molecule has 0 spiro atoms. The molecule has 0 fully saturated rings. The number of benzene rings is 1. The Bertz CT molecular complexity index is 813. The van der Waals surface area contributed by atoms with E-state index in [9.17, 15) is 9.59 Å². The quantitative estimate of drug-likeness (QED) is 0.596. The van der Waals surface area contributed by atoms with Crippen LogP contribution in [0.25, 0.3) is 6.08 Å². The Morgan fingerprint density at radius 3 is 2.95 bits per heavy atom. The first-order chi connectivity index (χ1) is 10.7. The van der Waals surface area contributed by atoms with E-state index in [1.807, 2.05) is 6.07 Å². The third kappa shape index (κ3) is 2.74. The molecule has 0 atom stereocenters. The SMILES string of the molecule is N#CC(=Cc1ccc[nH]1)C(=O)Nc1ccc2c(c1)CC(=O)N2. The smallest absolute Gasteiger partial charge is 0.266 e. The minimum atomic E-state index is -0.491. The molecule has 1 aromatic heterocycles. The largest absolute Gasteiger partial charge is 0.362 e. The number of fused-ring (bicyclic) bond motifs is 1. The van der Waals surface area contributed by atoms with Crippen LogP contribution in [-0.2, 0) is 16.0 Å². The van der Waals surface area contributed by atoms with Gasteiger partial charge in [0.2, 0.25) is 5.91 Å². The van der Waals surface area contributed by atoms with Crippen molar-refractivity contribution >= 4 is 29.3 Å². The number of amides is 2. The van der Waals surface area contributed by atoms with E-state index in [-0.39, 0.29) is 11.5 Å². The molecule has 22 heavy (non-hydrogen) atoms. The molecule has 0 aliphatic carbocycles. The molecular weight excluding hydrogens is 280 g/mol. The third-order valence-electron chi connectivity index (χ3n) is 3.28. The van der Waals surface area contributed by atoms with Crippen LogP contribution in [0.4, 0.5) is 11.4 Å². The Kier molecular flexibility index (Phi) is 3.46. The lowest BCUT2D eigenvalue weighted by molar-refractivity contribution is -0.115. The Morgan fingerprint density at radius 1 is 1.36 bits per heavy atom. The number of nitrogens with one attached hydrogen (secondary N) is 3. The van der Waals surface area contributed by atoms with Crippen LogP contribution in [0.2, 0.25) is 0 Å². The van der Waals surface area contributed by atoms with E-state index in [1.165, 1.54) is 6.08 Å². The lowest BCUT2D eigenvalue weighted by Crippen LogP contribution is -2.13. The van der Waals surface area contributed by atoms with Gasteiger partial charge in [-0.3, -0.25) is 9.59 Å². The van der Waals surface area contributed by atoms with E-state index in [0.29, 0.717) is 17.8 Å². The summed E-state index contributed by atoms with van der Waals surface area (Å²) in [4.78, 5) is 26.4. The van der Waals surface area contributed by atoms with E-state index in [4.69, 9.17) is 5.26 Å². The highest BCUT2D eigenvalue weighted by atomic mass is 16.2. The lowest BCUT2D eigenvalue weighted by atomic mass is 10.1. The Hall–Kier alpha value is -3.33. The fourth-order valence-corrected chi connectivity index (χ4v) is 2.24. The molecule has 3 N–H and O–H groups in total. The minimum Gasteiger partial charge on any atom is -0.362 e. The van der Waals surface area contributed by atoms with Gasteiger partial charge in [0.25, 0.3) is 5.91 Å². The molecule has 0 saturated heterocycles. The summed E-state index contributed by atoms with van der Waals surface area (Å²) < 4.78 is 0. The summed E-state index contributed by atoms with van der Waals surface area (Å²) in [7, 11) is 0. The number of H-pyrrole nitrogens is 1. The van der Waals surface area contributed by atoms with E-state index >= 15 is 0 Å². The summed E-state index contributed by atoms with van der Waals surface area (Å²) in [6.07, 6.45) is 3.49. The highest BCUT2D eigenvalue weighted by Crippen LogP contribution is 2.26. The van der Waals surface area contributed by atoms with Gasteiger partial charge in [0, 0.05) is 23.3 Å². The number of rotatable bonds is 3. The van der Waals surface area contributed by atoms with Gasteiger partial charge < -0.3 is 15.6 Å². The van der Waals surface area contributed by atoms with Crippen LogP contribution < -0.4 is 10.6 Å². The maximum Gasteiger partial charge on any atom is 0.266 e. The van der Waals surface area contributed by atoms with E-state index in [0.717, 1.165) is 11.3 Å². The van der Waals surface area contributed by atoms with Crippen LogP contribution in [0.1, 0.15) is 11.3 Å². The van der Waals surface area contributed by atoms with Gasteiger partial charge in [-0.1, -0.05) is 0 Å². The first-order valence-electron chi connectivity index (χ1n) is 6.65. The second-order valence-electron chi connectivity index (χ2n) is 4.85. The third-order valence-corrected chi connectivity index (χ3v) is 3.28. The fraction of sp³-hybridized carbons (Fsp3) is 0.0625. The molecule has 0 saturated carbocycles. The monoisotopic (exact) mass is 292 g/mol. The van der Waals surface area contributed by atoms with Gasteiger partial charge in [-0.05, 0) is 42.0 Å². The van der Waals surface area contributed by atoms with Crippen LogP contribution in [0.5, 0.6) is 0 Å². The number of nitriles is 1. The average Bonchev–Trinajstić information content (AvgIpc) is 3.12. The standard InChI is InChI=1S/C16H12N4O2/c17-9-11(7-12-2-1-5-18-12)16(22)19-13-3-4-14-10(6-13)8-15(21)20-14/h1-7,18H,8H2,(H,19,22)(H,20,21). The zero-order chi connectivity index (χ0) is 15.5. The van der Waals surface area contributed by atoms with E-state index in [1.54, 1.807) is 36.5 Å². The van der Waals surface area contributed by atoms with Gasteiger partial charge >= 0.3 is 0 Å². The van der Waals surface area contributed by atoms with E-state index in [2.05, 4.69) is 15.6 Å². The number of carbonyl (C=O) groups is 2. The molecule has 2 heterocycles. The number of anilines is 2. The van der Waals surface area contributed by atoms with Crippen molar-refractivity contribution < 1.29 is 9.59 Å². The van der Waals surface area contributed by atoms with Crippen LogP contribution in [0.3, 0.4) is 0 Å². The lowest BCUT2D eigenvalue weighted by Gasteiger charge is -2.06. The van der Waals surface area contributed by atoms with Gasteiger partial charge in [-0.25, -0.2) is 0 Å². The second-order valence-corrected chi connectivity index (χ2v) is 4.85. The molecule has 1 aromatic carbocycles. The van der Waals surface area contributed by atoms with Crippen molar-refractivity contribution in [1.82, 2.24) is 4.98 Å². The van der Waals surface area contributed by atoms with Crippen LogP contribution >= 0.6 is 0 Å². The predicted molar refractivity (Wildman–Crippen MR) is 81.8 cm³/mol. The number of aromatic amines is 1. The van der Waals surface area contributed by atoms with Crippen molar-refractivity contribution in [3.8, 4) is 6.07 Å².